The molecule has 3 atom stereocenters. The van der Waals surface area contributed by atoms with Gasteiger partial charge >= 0.3 is 5.97 Å². The van der Waals surface area contributed by atoms with E-state index in [1.807, 2.05) is 0 Å². The molecule has 364 valence electrons. The number of unbranched alkanes of at least 4 members (excludes halogenated alkanes) is 39. The Morgan fingerprint density at radius 1 is 0.410 bits per heavy atom. The van der Waals surface area contributed by atoms with E-state index in [1.165, 1.54) is 231 Å². The number of ether oxygens (including phenoxy) is 1. The largest absolute Gasteiger partial charge is 0.462 e. The number of rotatable bonds is 51. The standard InChI is InChI=1S/C55H109NO5/c1-4-7-10-13-16-19-21-23-25-26-27-29-31-33-36-39-42-45-48-55(60)61-51(46-43-40-37-34-18-15-12-9-6-3)49-54(59)56-52(50-57)53(58)47-44-41-38-35-32-30-28-24-22-20-17-14-11-8-5-2/h51-53,57-58H,4-50H2,1-3H3,(H,56,59). The van der Waals surface area contributed by atoms with Crippen LogP contribution in [0.15, 0.2) is 0 Å². The van der Waals surface area contributed by atoms with Crippen molar-refractivity contribution in [1.29, 1.82) is 0 Å². The summed E-state index contributed by atoms with van der Waals surface area (Å²) in [5.41, 5.74) is 0. The van der Waals surface area contributed by atoms with E-state index in [-0.39, 0.29) is 24.9 Å². The summed E-state index contributed by atoms with van der Waals surface area (Å²) < 4.78 is 5.94. The van der Waals surface area contributed by atoms with Gasteiger partial charge in [0.05, 0.1) is 25.2 Å². The topological polar surface area (TPSA) is 95.9 Å². The van der Waals surface area contributed by atoms with E-state index in [2.05, 4.69) is 26.1 Å². The lowest BCUT2D eigenvalue weighted by Gasteiger charge is -2.24. The number of carbonyl (C=O) groups is 2. The highest BCUT2D eigenvalue weighted by molar-refractivity contribution is 5.77. The van der Waals surface area contributed by atoms with Gasteiger partial charge in [-0.25, -0.2) is 0 Å². The van der Waals surface area contributed by atoms with Gasteiger partial charge in [0.2, 0.25) is 5.91 Å². The molecule has 0 aromatic rings. The molecule has 0 radical (unpaired) electrons. The molecular formula is C55H109NO5. The minimum Gasteiger partial charge on any atom is -0.462 e. The smallest absolute Gasteiger partial charge is 0.306 e. The minimum atomic E-state index is -0.779. The zero-order valence-corrected chi connectivity index (χ0v) is 41.6. The summed E-state index contributed by atoms with van der Waals surface area (Å²) in [6.07, 6.45) is 54.6. The number of amides is 1. The highest BCUT2D eigenvalue weighted by Gasteiger charge is 2.24. The lowest BCUT2D eigenvalue weighted by Crippen LogP contribution is -2.46. The molecule has 6 nitrogen and oxygen atoms in total. The van der Waals surface area contributed by atoms with Crippen LogP contribution < -0.4 is 5.32 Å². The van der Waals surface area contributed by atoms with Gasteiger partial charge in [0, 0.05) is 6.42 Å². The van der Waals surface area contributed by atoms with Crippen molar-refractivity contribution in [2.24, 2.45) is 0 Å². The van der Waals surface area contributed by atoms with Crippen LogP contribution in [-0.2, 0) is 14.3 Å². The zero-order valence-electron chi connectivity index (χ0n) is 41.6. The third-order valence-corrected chi connectivity index (χ3v) is 13.2. The Morgan fingerprint density at radius 2 is 0.689 bits per heavy atom. The quantitative estimate of drug-likeness (QED) is 0.0418. The zero-order chi connectivity index (χ0) is 44.5. The molecule has 0 fully saturated rings. The predicted molar refractivity (Wildman–Crippen MR) is 264 cm³/mol. The predicted octanol–water partition coefficient (Wildman–Crippen LogP) is 16.7. The van der Waals surface area contributed by atoms with E-state index in [1.54, 1.807) is 0 Å². The highest BCUT2D eigenvalue weighted by Crippen LogP contribution is 2.19. The number of esters is 1. The van der Waals surface area contributed by atoms with Gasteiger partial charge in [-0.1, -0.05) is 278 Å². The third kappa shape index (κ3) is 45.2. The first-order valence-corrected chi connectivity index (χ1v) is 27.8. The van der Waals surface area contributed by atoms with E-state index in [0.717, 1.165) is 38.5 Å². The van der Waals surface area contributed by atoms with Gasteiger partial charge in [-0.2, -0.15) is 0 Å². The first-order chi connectivity index (χ1) is 30.0. The van der Waals surface area contributed by atoms with E-state index >= 15 is 0 Å². The maximum Gasteiger partial charge on any atom is 0.306 e. The normalized spacial score (nSPS) is 13.1. The SMILES string of the molecule is CCCCCCCCCCCCCCCCCCCCC(=O)OC(CCCCCCCCCCC)CC(=O)NC(CO)C(O)CCCCCCCCCCCCCCCCC. The fourth-order valence-electron chi connectivity index (χ4n) is 8.96. The molecule has 0 aliphatic heterocycles. The van der Waals surface area contributed by atoms with Gasteiger partial charge in [-0.3, -0.25) is 9.59 Å². The van der Waals surface area contributed by atoms with Gasteiger partial charge in [-0.05, 0) is 25.7 Å². The molecule has 0 aliphatic rings. The van der Waals surface area contributed by atoms with Gasteiger partial charge in [0.15, 0.2) is 0 Å². The van der Waals surface area contributed by atoms with Gasteiger partial charge in [0.25, 0.3) is 0 Å². The summed E-state index contributed by atoms with van der Waals surface area (Å²) in [6, 6.07) is -0.692. The maximum atomic E-state index is 13.2. The van der Waals surface area contributed by atoms with Crippen molar-refractivity contribution < 1.29 is 24.5 Å². The summed E-state index contributed by atoms with van der Waals surface area (Å²) in [6.45, 7) is 6.51. The van der Waals surface area contributed by atoms with Crippen molar-refractivity contribution in [1.82, 2.24) is 5.32 Å². The molecule has 6 heteroatoms. The lowest BCUT2D eigenvalue weighted by molar-refractivity contribution is -0.151. The van der Waals surface area contributed by atoms with Crippen molar-refractivity contribution in [2.45, 2.75) is 334 Å². The van der Waals surface area contributed by atoms with E-state index < -0.39 is 18.2 Å². The van der Waals surface area contributed by atoms with Crippen LogP contribution in [0.1, 0.15) is 316 Å². The summed E-state index contributed by atoms with van der Waals surface area (Å²) in [5, 5.41) is 23.8. The Labute approximate surface area is 381 Å². The monoisotopic (exact) mass is 864 g/mol. The van der Waals surface area contributed by atoms with Crippen LogP contribution in [0.2, 0.25) is 0 Å². The van der Waals surface area contributed by atoms with Crippen molar-refractivity contribution >= 4 is 11.9 Å². The lowest BCUT2D eigenvalue weighted by atomic mass is 10.0. The van der Waals surface area contributed by atoms with Crippen molar-refractivity contribution in [2.75, 3.05) is 6.61 Å². The fraction of sp³-hybridized carbons (Fsp3) is 0.964. The summed E-state index contributed by atoms with van der Waals surface area (Å²) in [5.74, 6) is -0.450. The van der Waals surface area contributed by atoms with Crippen LogP contribution in [0.25, 0.3) is 0 Å². The molecule has 0 bridgehead atoms. The average molecular weight is 864 g/mol. The third-order valence-electron chi connectivity index (χ3n) is 13.2. The van der Waals surface area contributed by atoms with E-state index in [0.29, 0.717) is 19.3 Å². The number of hydrogen-bond acceptors (Lipinski definition) is 5. The number of aliphatic hydroxyl groups is 2. The first kappa shape index (κ1) is 59.9. The molecule has 0 spiro atoms. The highest BCUT2D eigenvalue weighted by atomic mass is 16.5. The molecule has 1 amide bonds. The number of carbonyl (C=O) groups excluding carboxylic acids is 2. The second-order valence-corrected chi connectivity index (χ2v) is 19.4. The molecule has 0 saturated heterocycles. The number of nitrogens with one attached hydrogen (secondary N) is 1. The Hall–Kier alpha value is -1.14. The van der Waals surface area contributed by atoms with Crippen molar-refractivity contribution in [3.8, 4) is 0 Å². The molecule has 0 aromatic carbocycles. The first-order valence-electron chi connectivity index (χ1n) is 27.8. The van der Waals surface area contributed by atoms with Crippen LogP contribution in [-0.4, -0.2) is 46.9 Å². The number of aliphatic hydroxyl groups excluding tert-OH is 2. The van der Waals surface area contributed by atoms with Crippen LogP contribution in [0.4, 0.5) is 0 Å². The molecule has 0 aromatic heterocycles. The van der Waals surface area contributed by atoms with Crippen molar-refractivity contribution in [3.63, 3.8) is 0 Å². The van der Waals surface area contributed by atoms with Gasteiger partial charge < -0.3 is 20.3 Å². The molecule has 0 heterocycles. The van der Waals surface area contributed by atoms with Crippen LogP contribution >= 0.6 is 0 Å². The molecule has 0 aliphatic carbocycles. The van der Waals surface area contributed by atoms with Crippen LogP contribution in [0.3, 0.4) is 0 Å². The van der Waals surface area contributed by atoms with Crippen LogP contribution in [0.5, 0.6) is 0 Å². The average Bonchev–Trinajstić information content (AvgIpc) is 3.25. The Bertz CT molecular complexity index is 882. The fourth-order valence-corrected chi connectivity index (χ4v) is 8.96. The molecule has 0 rings (SSSR count). The molecule has 3 N–H and O–H groups in total. The van der Waals surface area contributed by atoms with Crippen molar-refractivity contribution in [3.05, 3.63) is 0 Å². The maximum absolute atomic E-state index is 13.2. The Kier molecular flexibility index (Phi) is 48.9. The van der Waals surface area contributed by atoms with Gasteiger partial charge in [0.1, 0.15) is 6.10 Å². The van der Waals surface area contributed by atoms with E-state index in [9.17, 15) is 19.8 Å². The Morgan fingerprint density at radius 3 is 1.00 bits per heavy atom. The molecule has 3 unspecified atom stereocenters. The molecule has 0 saturated carbocycles. The van der Waals surface area contributed by atoms with Gasteiger partial charge in [-0.15, -0.1) is 0 Å². The molecule has 61 heavy (non-hydrogen) atoms. The van der Waals surface area contributed by atoms with E-state index in [4.69, 9.17) is 4.74 Å². The second kappa shape index (κ2) is 49.9. The second-order valence-electron chi connectivity index (χ2n) is 19.4. The minimum absolute atomic E-state index is 0.0874. The van der Waals surface area contributed by atoms with Crippen LogP contribution in [0, 0.1) is 0 Å². The summed E-state index contributed by atoms with van der Waals surface area (Å²) >= 11 is 0. The number of hydrogen-bond donors (Lipinski definition) is 3. The molecular weight excluding hydrogens is 755 g/mol. The summed E-state index contributed by atoms with van der Waals surface area (Å²) in [4.78, 5) is 26.1. The summed E-state index contributed by atoms with van der Waals surface area (Å²) in [7, 11) is 0. The Balaban J connectivity index is 4.34.